The largest absolute Gasteiger partial charge is 0.378 e. The Kier molecular flexibility index (Phi) is 10.9. The van der Waals surface area contributed by atoms with Crippen molar-refractivity contribution in [2.24, 2.45) is 5.73 Å². The van der Waals surface area contributed by atoms with Gasteiger partial charge in [0.1, 0.15) is 0 Å². The molecule has 0 aliphatic carbocycles. The van der Waals surface area contributed by atoms with Crippen molar-refractivity contribution in [1.29, 1.82) is 0 Å². The van der Waals surface area contributed by atoms with Gasteiger partial charge >= 0.3 is 0 Å². The number of nitrogens with two attached hydrogens (primary N) is 1. The molecule has 1 aromatic heterocycles. The standard InChI is InChI=1S/C24H33N7O2/c25-12-15-32-17-18-33-16-14-27-23-29-22(26-13-11-20-7-3-1-4-8-20)30-24(31-23)28-19-21-9-5-2-6-10-21/h1-10H,11-19,25H2,(H3,26,27,28,29,30,31). The van der Waals surface area contributed by atoms with Gasteiger partial charge in [0.15, 0.2) is 0 Å². The van der Waals surface area contributed by atoms with Crippen molar-refractivity contribution in [3.8, 4) is 0 Å². The molecule has 3 aromatic rings. The summed E-state index contributed by atoms with van der Waals surface area (Å²) in [7, 11) is 0. The summed E-state index contributed by atoms with van der Waals surface area (Å²) >= 11 is 0. The number of aromatic nitrogens is 3. The molecule has 3 rings (SSSR count). The fourth-order valence-corrected chi connectivity index (χ4v) is 2.99. The second kappa shape index (κ2) is 14.7. The molecule has 0 bridgehead atoms. The van der Waals surface area contributed by atoms with Gasteiger partial charge in [-0.15, -0.1) is 0 Å². The van der Waals surface area contributed by atoms with Crippen molar-refractivity contribution in [1.82, 2.24) is 15.0 Å². The lowest BCUT2D eigenvalue weighted by Crippen LogP contribution is -2.17. The molecule has 0 unspecified atom stereocenters. The van der Waals surface area contributed by atoms with Crippen LogP contribution >= 0.6 is 0 Å². The molecule has 5 N–H and O–H groups in total. The highest BCUT2D eigenvalue weighted by molar-refractivity contribution is 5.42. The lowest BCUT2D eigenvalue weighted by molar-refractivity contribution is 0.0547. The Bertz CT molecular complexity index is 913. The second-order valence-electron chi connectivity index (χ2n) is 7.25. The average Bonchev–Trinajstić information content (AvgIpc) is 2.86. The first-order chi connectivity index (χ1) is 16.3. The summed E-state index contributed by atoms with van der Waals surface area (Å²) in [6.45, 7) is 4.55. The van der Waals surface area contributed by atoms with Crippen LogP contribution in [0.15, 0.2) is 60.7 Å². The van der Waals surface area contributed by atoms with Crippen LogP contribution in [0.4, 0.5) is 17.8 Å². The molecule has 0 saturated heterocycles. The van der Waals surface area contributed by atoms with Gasteiger partial charge < -0.3 is 31.2 Å². The Labute approximate surface area is 195 Å². The number of hydrogen-bond acceptors (Lipinski definition) is 9. The summed E-state index contributed by atoms with van der Waals surface area (Å²) in [6.07, 6.45) is 0.877. The quantitative estimate of drug-likeness (QED) is 0.244. The lowest BCUT2D eigenvalue weighted by atomic mass is 10.1. The van der Waals surface area contributed by atoms with Crippen molar-refractivity contribution in [3.05, 3.63) is 71.8 Å². The maximum Gasteiger partial charge on any atom is 0.229 e. The molecular weight excluding hydrogens is 418 g/mol. The summed E-state index contributed by atoms with van der Waals surface area (Å²) in [6, 6.07) is 20.4. The minimum absolute atomic E-state index is 0.491. The van der Waals surface area contributed by atoms with Gasteiger partial charge in [0.25, 0.3) is 0 Å². The van der Waals surface area contributed by atoms with Gasteiger partial charge in [0.05, 0.1) is 26.4 Å². The zero-order valence-corrected chi connectivity index (χ0v) is 18.9. The first-order valence-electron chi connectivity index (χ1n) is 11.2. The first-order valence-corrected chi connectivity index (χ1v) is 11.2. The SMILES string of the molecule is NCCOCCOCCNc1nc(NCCc2ccccc2)nc(NCc2ccccc2)n1. The summed E-state index contributed by atoms with van der Waals surface area (Å²) in [5.41, 5.74) is 7.80. The normalized spacial score (nSPS) is 10.7. The molecule has 33 heavy (non-hydrogen) atoms. The topological polar surface area (TPSA) is 119 Å². The Morgan fingerprint density at radius 3 is 1.79 bits per heavy atom. The Hall–Kier alpha value is -3.27. The molecule has 176 valence electrons. The van der Waals surface area contributed by atoms with Crippen molar-refractivity contribution in [2.45, 2.75) is 13.0 Å². The monoisotopic (exact) mass is 451 g/mol. The van der Waals surface area contributed by atoms with E-state index in [0.717, 1.165) is 18.5 Å². The number of ether oxygens (including phenoxy) is 2. The molecule has 0 atom stereocenters. The van der Waals surface area contributed by atoms with Gasteiger partial charge in [-0.2, -0.15) is 15.0 Å². The maximum atomic E-state index is 5.55. The van der Waals surface area contributed by atoms with E-state index in [-0.39, 0.29) is 0 Å². The van der Waals surface area contributed by atoms with E-state index in [1.165, 1.54) is 5.56 Å². The molecule has 2 aromatic carbocycles. The number of nitrogens with zero attached hydrogens (tertiary/aromatic N) is 3. The van der Waals surface area contributed by atoms with Crippen molar-refractivity contribution >= 4 is 17.8 Å². The highest BCUT2D eigenvalue weighted by Gasteiger charge is 2.07. The third-order valence-corrected chi connectivity index (χ3v) is 4.63. The predicted molar refractivity (Wildman–Crippen MR) is 131 cm³/mol. The minimum atomic E-state index is 0.491. The lowest BCUT2D eigenvalue weighted by Gasteiger charge is -2.12. The van der Waals surface area contributed by atoms with Crippen molar-refractivity contribution in [3.63, 3.8) is 0 Å². The Balaban J connectivity index is 1.52. The van der Waals surface area contributed by atoms with Crippen LogP contribution in [0, 0.1) is 0 Å². The van der Waals surface area contributed by atoms with E-state index in [2.05, 4.69) is 55.2 Å². The third kappa shape index (κ3) is 9.82. The number of benzene rings is 2. The predicted octanol–water partition coefficient (Wildman–Crippen LogP) is 2.54. The fraction of sp³-hybridized carbons (Fsp3) is 0.375. The summed E-state index contributed by atoms with van der Waals surface area (Å²) in [5.74, 6) is 1.52. The van der Waals surface area contributed by atoms with E-state index in [9.17, 15) is 0 Å². The van der Waals surface area contributed by atoms with Crippen molar-refractivity contribution in [2.75, 3.05) is 62.0 Å². The van der Waals surface area contributed by atoms with Crippen LogP contribution in [0.25, 0.3) is 0 Å². The number of rotatable bonds is 16. The van der Waals surface area contributed by atoms with Crippen LogP contribution in [-0.2, 0) is 22.4 Å². The van der Waals surface area contributed by atoms with Crippen LogP contribution in [0.3, 0.4) is 0 Å². The van der Waals surface area contributed by atoms with E-state index in [0.29, 0.717) is 63.9 Å². The highest BCUT2D eigenvalue weighted by atomic mass is 16.5. The fourth-order valence-electron chi connectivity index (χ4n) is 2.99. The summed E-state index contributed by atoms with van der Waals surface area (Å²) in [4.78, 5) is 13.5. The van der Waals surface area contributed by atoms with Crippen LogP contribution in [-0.4, -0.2) is 61.0 Å². The molecule has 0 aliphatic heterocycles. The van der Waals surface area contributed by atoms with Gasteiger partial charge in [-0.1, -0.05) is 60.7 Å². The van der Waals surface area contributed by atoms with Crippen LogP contribution in [0.2, 0.25) is 0 Å². The van der Waals surface area contributed by atoms with E-state index in [1.807, 2.05) is 36.4 Å². The van der Waals surface area contributed by atoms with Gasteiger partial charge in [-0.3, -0.25) is 0 Å². The van der Waals surface area contributed by atoms with Crippen LogP contribution in [0.5, 0.6) is 0 Å². The van der Waals surface area contributed by atoms with Crippen LogP contribution in [0.1, 0.15) is 11.1 Å². The van der Waals surface area contributed by atoms with Gasteiger partial charge in [0.2, 0.25) is 17.8 Å². The molecule has 0 aliphatic rings. The first kappa shape index (κ1) is 24.4. The highest BCUT2D eigenvalue weighted by Crippen LogP contribution is 2.11. The van der Waals surface area contributed by atoms with E-state index >= 15 is 0 Å². The molecule has 0 amide bonds. The molecule has 0 saturated carbocycles. The average molecular weight is 452 g/mol. The smallest absolute Gasteiger partial charge is 0.229 e. The zero-order chi connectivity index (χ0) is 23.0. The number of nitrogens with one attached hydrogen (secondary N) is 3. The van der Waals surface area contributed by atoms with E-state index < -0.39 is 0 Å². The molecule has 0 fully saturated rings. The Morgan fingerprint density at radius 1 is 0.606 bits per heavy atom. The van der Waals surface area contributed by atoms with Crippen LogP contribution < -0.4 is 21.7 Å². The minimum Gasteiger partial charge on any atom is -0.378 e. The van der Waals surface area contributed by atoms with Crippen molar-refractivity contribution < 1.29 is 9.47 Å². The van der Waals surface area contributed by atoms with Gasteiger partial charge in [0, 0.05) is 26.2 Å². The molecule has 9 nitrogen and oxygen atoms in total. The maximum absolute atomic E-state index is 5.55. The Morgan fingerprint density at radius 2 is 1.15 bits per heavy atom. The van der Waals surface area contributed by atoms with Gasteiger partial charge in [-0.05, 0) is 17.5 Å². The summed E-state index contributed by atoms with van der Waals surface area (Å²) in [5, 5.41) is 9.79. The number of anilines is 3. The number of hydrogen-bond donors (Lipinski definition) is 4. The second-order valence-corrected chi connectivity index (χ2v) is 7.25. The molecular formula is C24H33N7O2. The van der Waals surface area contributed by atoms with E-state index in [4.69, 9.17) is 15.2 Å². The molecule has 1 heterocycles. The third-order valence-electron chi connectivity index (χ3n) is 4.63. The molecule has 0 radical (unpaired) electrons. The van der Waals surface area contributed by atoms with E-state index in [1.54, 1.807) is 0 Å². The summed E-state index contributed by atoms with van der Waals surface area (Å²) < 4.78 is 10.8. The van der Waals surface area contributed by atoms with Gasteiger partial charge in [-0.25, -0.2) is 0 Å². The molecule has 9 heteroatoms. The molecule has 0 spiro atoms. The zero-order valence-electron chi connectivity index (χ0n) is 18.9.